The maximum Gasteiger partial charge on any atom is 0.323 e. The molecule has 1 fully saturated rings. The molecule has 0 atom stereocenters. The summed E-state index contributed by atoms with van der Waals surface area (Å²) in [5.41, 5.74) is -0.292. The van der Waals surface area contributed by atoms with Crippen LogP contribution in [0.15, 0.2) is 0 Å². The predicted molar refractivity (Wildman–Crippen MR) is 70.2 cm³/mol. The van der Waals surface area contributed by atoms with Crippen LogP contribution in [0.4, 0.5) is 0 Å². The summed E-state index contributed by atoms with van der Waals surface area (Å²) in [6.07, 6.45) is 4.88. The minimum absolute atomic E-state index is 0.0543. The highest BCUT2D eigenvalue weighted by Gasteiger charge is 2.43. The van der Waals surface area contributed by atoms with Crippen molar-refractivity contribution in [3.63, 3.8) is 0 Å². The van der Waals surface area contributed by atoms with E-state index >= 15 is 0 Å². The van der Waals surface area contributed by atoms with Gasteiger partial charge in [0.2, 0.25) is 5.91 Å². The molecule has 0 aliphatic heterocycles. The highest BCUT2D eigenvalue weighted by atomic mass is 16.4. The second kappa shape index (κ2) is 6.21. The fourth-order valence-electron chi connectivity index (χ4n) is 3.16. The van der Waals surface area contributed by atoms with E-state index in [0.717, 1.165) is 32.1 Å². The number of carbonyl (C=O) groups excluding carboxylic acids is 1. The lowest BCUT2D eigenvalue weighted by atomic mass is 9.77. The summed E-state index contributed by atoms with van der Waals surface area (Å²) < 4.78 is 0. The first-order valence-electron chi connectivity index (χ1n) is 6.92. The molecular formula is C14H25NO3. The summed E-state index contributed by atoms with van der Waals surface area (Å²) >= 11 is 0. The van der Waals surface area contributed by atoms with Crippen LogP contribution in [0.2, 0.25) is 0 Å². The third-order valence-corrected chi connectivity index (χ3v) is 3.81. The van der Waals surface area contributed by atoms with Gasteiger partial charge in [0.1, 0.15) is 6.54 Å². The Morgan fingerprint density at radius 1 is 1.28 bits per heavy atom. The van der Waals surface area contributed by atoms with Crippen LogP contribution in [0.25, 0.3) is 0 Å². The van der Waals surface area contributed by atoms with E-state index < -0.39 is 5.97 Å². The third-order valence-electron chi connectivity index (χ3n) is 3.81. The first-order valence-corrected chi connectivity index (χ1v) is 6.92. The van der Waals surface area contributed by atoms with Crippen LogP contribution in [0.3, 0.4) is 0 Å². The van der Waals surface area contributed by atoms with Crippen LogP contribution in [-0.4, -0.2) is 35.0 Å². The number of nitrogens with zero attached hydrogens (tertiary/aromatic N) is 1. The molecule has 4 nitrogen and oxygen atoms in total. The number of amides is 1. The minimum atomic E-state index is -0.928. The zero-order valence-corrected chi connectivity index (χ0v) is 11.7. The Morgan fingerprint density at radius 2 is 1.83 bits per heavy atom. The lowest BCUT2D eigenvalue weighted by Gasteiger charge is -2.34. The number of likely N-dealkylation sites (N-methyl/N-ethyl adjacent to an activating group) is 1. The van der Waals surface area contributed by atoms with E-state index in [9.17, 15) is 9.59 Å². The number of hydrogen-bond acceptors (Lipinski definition) is 2. The highest BCUT2D eigenvalue weighted by Crippen LogP contribution is 2.44. The topological polar surface area (TPSA) is 57.6 Å². The minimum Gasteiger partial charge on any atom is -0.480 e. The molecule has 18 heavy (non-hydrogen) atoms. The Kier molecular flexibility index (Phi) is 5.17. The molecule has 4 heteroatoms. The molecule has 0 radical (unpaired) electrons. The van der Waals surface area contributed by atoms with Gasteiger partial charge in [-0.2, -0.15) is 0 Å². The predicted octanol–water partition coefficient (Wildman–Crippen LogP) is 2.53. The van der Waals surface area contributed by atoms with Gasteiger partial charge >= 0.3 is 5.97 Å². The van der Waals surface area contributed by atoms with E-state index in [1.54, 1.807) is 0 Å². The lowest BCUT2D eigenvalue weighted by molar-refractivity contribution is -0.150. The molecule has 0 heterocycles. The monoisotopic (exact) mass is 255 g/mol. The van der Waals surface area contributed by atoms with Gasteiger partial charge in [0.15, 0.2) is 0 Å². The zero-order valence-electron chi connectivity index (χ0n) is 11.7. The normalized spacial score (nSPS) is 18.0. The number of hydrogen-bond donors (Lipinski definition) is 1. The molecule has 1 N–H and O–H groups in total. The number of rotatable bonds is 6. The second-order valence-electron chi connectivity index (χ2n) is 5.80. The Labute approximate surface area is 109 Å². The van der Waals surface area contributed by atoms with Crippen molar-refractivity contribution in [2.75, 3.05) is 13.1 Å². The summed E-state index contributed by atoms with van der Waals surface area (Å²) in [6, 6.07) is 0. The Morgan fingerprint density at radius 3 is 2.22 bits per heavy atom. The van der Waals surface area contributed by atoms with Crippen LogP contribution >= 0.6 is 0 Å². The molecule has 0 spiro atoms. The van der Waals surface area contributed by atoms with Gasteiger partial charge in [-0.05, 0) is 32.1 Å². The van der Waals surface area contributed by atoms with Crippen molar-refractivity contribution in [1.29, 1.82) is 0 Å². The third kappa shape index (κ3) is 3.47. The van der Waals surface area contributed by atoms with Crippen molar-refractivity contribution in [3.05, 3.63) is 0 Å². The van der Waals surface area contributed by atoms with E-state index in [0.29, 0.717) is 12.5 Å². The average Bonchev–Trinajstić information content (AvgIpc) is 2.73. The maximum absolute atomic E-state index is 12.6. The van der Waals surface area contributed by atoms with Gasteiger partial charge in [-0.3, -0.25) is 9.59 Å². The van der Waals surface area contributed by atoms with Gasteiger partial charge in [0.25, 0.3) is 0 Å². The van der Waals surface area contributed by atoms with Crippen molar-refractivity contribution in [1.82, 2.24) is 4.90 Å². The second-order valence-corrected chi connectivity index (χ2v) is 5.80. The van der Waals surface area contributed by atoms with Gasteiger partial charge in [0.05, 0.1) is 0 Å². The van der Waals surface area contributed by atoms with E-state index in [1.807, 2.05) is 6.92 Å². The molecule has 0 bridgehead atoms. The fourth-order valence-corrected chi connectivity index (χ4v) is 3.16. The standard InChI is InChI=1S/C14H25NO3/c1-4-15(10-12(16)17)13(18)14(9-11(2)3)7-5-6-8-14/h11H,4-10H2,1-3H3,(H,16,17). The van der Waals surface area contributed by atoms with Crippen molar-refractivity contribution < 1.29 is 14.7 Å². The van der Waals surface area contributed by atoms with Crippen LogP contribution in [0.1, 0.15) is 52.9 Å². The fraction of sp³-hybridized carbons (Fsp3) is 0.857. The number of carbonyl (C=O) groups is 2. The molecule has 104 valence electrons. The molecular weight excluding hydrogens is 230 g/mol. The zero-order chi connectivity index (χ0) is 13.8. The summed E-state index contributed by atoms with van der Waals surface area (Å²) in [4.78, 5) is 24.9. The van der Waals surface area contributed by atoms with Gasteiger partial charge in [-0.15, -0.1) is 0 Å². The molecule has 1 aliphatic carbocycles. The van der Waals surface area contributed by atoms with E-state index in [2.05, 4.69) is 13.8 Å². The summed E-state index contributed by atoms with van der Waals surface area (Å²) in [5, 5.41) is 8.88. The van der Waals surface area contributed by atoms with Crippen LogP contribution in [-0.2, 0) is 9.59 Å². The quantitative estimate of drug-likeness (QED) is 0.793. The Bertz CT molecular complexity index is 306. The molecule has 1 aliphatic rings. The SMILES string of the molecule is CCN(CC(=O)O)C(=O)C1(CC(C)C)CCCC1. The smallest absolute Gasteiger partial charge is 0.323 e. The first kappa shape index (κ1) is 15.0. The van der Waals surface area contributed by atoms with Gasteiger partial charge < -0.3 is 10.0 Å². The summed E-state index contributed by atoms with van der Waals surface area (Å²) in [7, 11) is 0. The molecule has 0 aromatic rings. The first-order chi connectivity index (χ1) is 8.41. The molecule has 1 rings (SSSR count). The largest absolute Gasteiger partial charge is 0.480 e. The Balaban J connectivity index is 2.84. The van der Waals surface area contributed by atoms with E-state index in [4.69, 9.17) is 5.11 Å². The van der Waals surface area contributed by atoms with Gasteiger partial charge in [-0.1, -0.05) is 26.7 Å². The maximum atomic E-state index is 12.6. The van der Waals surface area contributed by atoms with Crippen molar-refractivity contribution in [3.8, 4) is 0 Å². The molecule has 0 unspecified atom stereocenters. The number of carboxylic acid groups (broad SMARTS) is 1. The van der Waals surface area contributed by atoms with E-state index in [-0.39, 0.29) is 17.9 Å². The molecule has 1 amide bonds. The average molecular weight is 255 g/mol. The van der Waals surface area contributed by atoms with Crippen molar-refractivity contribution in [2.45, 2.75) is 52.9 Å². The van der Waals surface area contributed by atoms with Crippen molar-refractivity contribution >= 4 is 11.9 Å². The van der Waals surface area contributed by atoms with Crippen LogP contribution < -0.4 is 0 Å². The van der Waals surface area contributed by atoms with Gasteiger partial charge in [0, 0.05) is 12.0 Å². The lowest BCUT2D eigenvalue weighted by Crippen LogP contribution is -2.45. The van der Waals surface area contributed by atoms with Crippen LogP contribution in [0, 0.1) is 11.3 Å². The van der Waals surface area contributed by atoms with Crippen molar-refractivity contribution in [2.24, 2.45) is 11.3 Å². The molecule has 0 aromatic carbocycles. The van der Waals surface area contributed by atoms with Crippen LogP contribution in [0.5, 0.6) is 0 Å². The molecule has 0 aromatic heterocycles. The number of aliphatic carboxylic acids is 1. The van der Waals surface area contributed by atoms with Gasteiger partial charge in [-0.25, -0.2) is 0 Å². The molecule has 0 saturated heterocycles. The summed E-state index contributed by atoms with van der Waals surface area (Å²) in [5.74, 6) is -0.405. The number of carboxylic acids is 1. The molecule has 1 saturated carbocycles. The van der Waals surface area contributed by atoms with E-state index in [1.165, 1.54) is 4.90 Å². The highest BCUT2D eigenvalue weighted by molar-refractivity contribution is 5.86. The summed E-state index contributed by atoms with van der Waals surface area (Å²) in [6.45, 7) is 6.40. The Hall–Kier alpha value is -1.06.